The van der Waals surface area contributed by atoms with E-state index in [1.165, 1.54) is 0 Å². The Kier molecular flexibility index (Phi) is 1.74. The number of hydrogen-bond donors (Lipinski definition) is 0. The first kappa shape index (κ1) is 7.25. The summed E-state index contributed by atoms with van der Waals surface area (Å²) in [5.41, 5.74) is -0.501. The van der Waals surface area contributed by atoms with Crippen molar-refractivity contribution in [3.63, 3.8) is 0 Å². The summed E-state index contributed by atoms with van der Waals surface area (Å²) in [7, 11) is 0. The van der Waals surface area contributed by atoms with Gasteiger partial charge in [0.05, 0.1) is 0 Å². The molecule has 56 valence electrons. The van der Waals surface area contributed by atoms with Gasteiger partial charge < -0.3 is 9.53 Å². The molecule has 0 amide bonds. The third-order valence-corrected chi connectivity index (χ3v) is 1.73. The largest absolute Gasteiger partial charge is 0.459 e. The number of ether oxygens (including phenoxy) is 1. The zero-order valence-electron chi connectivity index (χ0n) is 5.92. The van der Waals surface area contributed by atoms with E-state index in [9.17, 15) is 9.59 Å². The second-order valence-corrected chi connectivity index (χ2v) is 2.79. The van der Waals surface area contributed by atoms with Crippen molar-refractivity contribution in [2.24, 2.45) is 0 Å². The molecule has 0 aliphatic carbocycles. The summed E-state index contributed by atoms with van der Waals surface area (Å²) in [6.07, 6.45) is 2.23. The molecule has 0 N–H and O–H groups in total. The summed E-state index contributed by atoms with van der Waals surface area (Å²) in [5.74, 6) is -0.190. The summed E-state index contributed by atoms with van der Waals surface area (Å²) in [4.78, 5) is 20.7. The zero-order valence-corrected chi connectivity index (χ0v) is 5.92. The molecule has 0 spiro atoms. The average Bonchev–Trinajstić information content (AvgIpc) is 2.12. The van der Waals surface area contributed by atoms with Crippen LogP contribution in [0.25, 0.3) is 0 Å². The first-order valence-corrected chi connectivity index (χ1v) is 3.32. The third-order valence-electron chi connectivity index (χ3n) is 1.73. The summed E-state index contributed by atoms with van der Waals surface area (Å²) >= 11 is 0. The van der Waals surface area contributed by atoms with Gasteiger partial charge in [-0.25, -0.2) is 0 Å². The van der Waals surface area contributed by atoms with Crippen molar-refractivity contribution in [3.8, 4) is 0 Å². The van der Waals surface area contributed by atoms with E-state index in [4.69, 9.17) is 4.74 Å². The first-order chi connectivity index (χ1) is 4.66. The molecule has 0 aromatic rings. The fourth-order valence-electron chi connectivity index (χ4n) is 1.06. The van der Waals surface area contributed by atoms with Crippen LogP contribution in [0.4, 0.5) is 0 Å². The van der Waals surface area contributed by atoms with Crippen LogP contribution in [-0.4, -0.2) is 17.9 Å². The Hall–Kier alpha value is -0.860. The third kappa shape index (κ3) is 1.35. The van der Waals surface area contributed by atoms with Crippen molar-refractivity contribution >= 4 is 12.3 Å². The summed E-state index contributed by atoms with van der Waals surface area (Å²) in [6.45, 7) is 1.78. The Labute approximate surface area is 59.4 Å². The monoisotopic (exact) mass is 142 g/mol. The van der Waals surface area contributed by atoms with E-state index in [-0.39, 0.29) is 5.97 Å². The standard InChI is InChI=1S/C7H10O3/c1-7(4-5-8)3-2-6(9)10-7/h5H,2-4H2,1H3. The predicted molar refractivity (Wildman–Crippen MR) is 34.4 cm³/mol. The molecule has 1 unspecified atom stereocenters. The van der Waals surface area contributed by atoms with Gasteiger partial charge in [0, 0.05) is 12.8 Å². The van der Waals surface area contributed by atoms with E-state index >= 15 is 0 Å². The number of aldehydes is 1. The van der Waals surface area contributed by atoms with Crippen molar-refractivity contribution < 1.29 is 14.3 Å². The van der Waals surface area contributed by atoms with Crippen LogP contribution < -0.4 is 0 Å². The van der Waals surface area contributed by atoms with Gasteiger partial charge in [-0.15, -0.1) is 0 Å². The molecular formula is C7H10O3. The Morgan fingerprint density at radius 2 is 2.50 bits per heavy atom. The first-order valence-electron chi connectivity index (χ1n) is 3.32. The van der Waals surface area contributed by atoms with Crippen LogP contribution in [0.2, 0.25) is 0 Å². The van der Waals surface area contributed by atoms with Crippen LogP contribution in [0, 0.1) is 0 Å². The van der Waals surface area contributed by atoms with Gasteiger partial charge in [-0.05, 0) is 13.3 Å². The van der Waals surface area contributed by atoms with Gasteiger partial charge in [-0.2, -0.15) is 0 Å². The van der Waals surface area contributed by atoms with Crippen LogP contribution in [0.3, 0.4) is 0 Å². The number of carbonyl (C=O) groups is 2. The van der Waals surface area contributed by atoms with Crippen molar-refractivity contribution in [2.75, 3.05) is 0 Å². The maximum absolute atomic E-state index is 10.6. The quantitative estimate of drug-likeness (QED) is 0.420. The van der Waals surface area contributed by atoms with Crippen molar-refractivity contribution in [3.05, 3.63) is 0 Å². The molecule has 1 saturated heterocycles. The number of hydrogen-bond acceptors (Lipinski definition) is 3. The number of cyclic esters (lactones) is 1. The Balaban J connectivity index is 2.53. The SMILES string of the molecule is CC1(CC=O)CCC(=O)O1. The minimum atomic E-state index is -0.501. The minimum absolute atomic E-state index is 0.190. The average molecular weight is 142 g/mol. The van der Waals surface area contributed by atoms with Crippen molar-refractivity contribution in [1.82, 2.24) is 0 Å². The van der Waals surface area contributed by atoms with Crippen LogP contribution in [0.5, 0.6) is 0 Å². The fourth-order valence-corrected chi connectivity index (χ4v) is 1.06. The molecule has 1 fully saturated rings. The summed E-state index contributed by atoms with van der Waals surface area (Å²) in [6, 6.07) is 0. The highest BCUT2D eigenvalue weighted by molar-refractivity contribution is 5.73. The lowest BCUT2D eigenvalue weighted by Crippen LogP contribution is -2.23. The number of esters is 1. The van der Waals surface area contributed by atoms with Crippen molar-refractivity contribution in [2.45, 2.75) is 31.8 Å². The molecule has 0 saturated carbocycles. The van der Waals surface area contributed by atoms with Gasteiger partial charge in [0.1, 0.15) is 11.9 Å². The van der Waals surface area contributed by atoms with E-state index < -0.39 is 5.60 Å². The highest BCUT2D eigenvalue weighted by Gasteiger charge is 2.34. The summed E-state index contributed by atoms with van der Waals surface area (Å²) in [5, 5.41) is 0. The van der Waals surface area contributed by atoms with Crippen LogP contribution in [-0.2, 0) is 14.3 Å². The molecule has 10 heavy (non-hydrogen) atoms. The minimum Gasteiger partial charge on any atom is -0.459 e. The lowest BCUT2D eigenvalue weighted by Gasteiger charge is -2.18. The molecule has 1 aliphatic heterocycles. The molecule has 0 radical (unpaired) electrons. The van der Waals surface area contributed by atoms with Gasteiger partial charge in [0.2, 0.25) is 0 Å². The predicted octanol–water partition coefficient (Wildman–Crippen LogP) is 0.671. The molecule has 1 atom stereocenters. The van der Waals surface area contributed by atoms with Gasteiger partial charge in [-0.3, -0.25) is 4.79 Å². The highest BCUT2D eigenvalue weighted by atomic mass is 16.6. The van der Waals surface area contributed by atoms with E-state index in [0.29, 0.717) is 19.3 Å². The molecule has 0 aromatic carbocycles. The van der Waals surface area contributed by atoms with E-state index in [2.05, 4.69) is 0 Å². The second-order valence-electron chi connectivity index (χ2n) is 2.79. The van der Waals surface area contributed by atoms with Gasteiger partial charge in [0.15, 0.2) is 0 Å². The molecule has 0 aromatic heterocycles. The fraction of sp³-hybridized carbons (Fsp3) is 0.714. The van der Waals surface area contributed by atoms with Crippen LogP contribution >= 0.6 is 0 Å². The van der Waals surface area contributed by atoms with E-state index in [0.717, 1.165) is 6.29 Å². The molecule has 3 heteroatoms. The van der Waals surface area contributed by atoms with Gasteiger partial charge >= 0.3 is 5.97 Å². The Morgan fingerprint density at radius 1 is 1.80 bits per heavy atom. The topological polar surface area (TPSA) is 43.4 Å². The smallest absolute Gasteiger partial charge is 0.306 e. The highest BCUT2D eigenvalue weighted by Crippen LogP contribution is 2.28. The molecular weight excluding hydrogens is 132 g/mol. The molecule has 1 heterocycles. The Morgan fingerprint density at radius 3 is 2.90 bits per heavy atom. The molecule has 3 nitrogen and oxygen atoms in total. The molecule has 1 aliphatic rings. The van der Waals surface area contributed by atoms with E-state index in [1.54, 1.807) is 6.92 Å². The molecule has 0 bridgehead atoms. The number of carbonyl (C=O) groups excluding carboxylic acids is 2. The van der Waals surface area contributed by atoms with Crippen LogP contribution in [0.1, 0.15) is 26.2 Å². The van der Waals surface area contributed by atoms with Crippen molar-refractivity contribution in [1.29, 1.82) is 0 Å². The maximum Gasteiger partial charge on any atom is 0.306 e. The van der Waals surface area contributed by atoms with Gasteiger partial charge in [0.25, 0.3) is 0 Å². The lowest BCUT2D eigenvalue weighted by atomic mass is 10.00. The van der Waals surface area contributed by atoms with Crippen LogP contribution in [0.15, 0.2) is 0 Å². The summed E-state index contributed by atoms with van der Waals surface area (Å²) < 4.78 is 4.92. The number of rotatable bonds is 2. The zero-order chi connectivity index (χ0) is 7.61. The molecule has 1 rings (SSSR count). The van der Waals surface area contributed by atoms with Gasteiger partial charge in [-0.1, -0.05) is 0 Å². The van der Waals surface area contributed by atoms with E-state index in [1.807, 2.05) is 0 Å². The second kappa shape index (κ2) is 2.40. The Bertz CT molecular complexity index is 164. The lowest BCUT2D eigenvalue weighted by molar-refractivity contribution is -0.147. The maximum atomic E-state index is 10.6. The normalized spacial score (nSPS) is 31.9.